The smallest absolute Gasteiger partial charge is 0.313 e. The van der Waals surface area contributed by atoms with Crippen molar-refractivity contribution in [2.24, 2.45) is 10.8 Å². The minimum absolute atomic E-state index is 0.0390. The van der Waals surface area contributed by atoms with E-state index in [0.717, 1.165) is 0 Å². The molecule has 1 amide bonds. The topological polar surface area (TPSA) is 111 Å². The maximum Gasteiger partial charge on any atom is 0.313 e. The normalized spacial score (nSPS) is 29.9. The number of ether oxygens (including phenoxy) is 1. The van der Waals surface area contributed by atoms with E-state index >= 15 is 0 Å². The fraction of sp³-hybridized carbons (Fsp3) is 0.500. The number of non-ortho nitro benzene ring substituents is 1. The van der Waals surface area contributed by atoms with Crippen LogP contribution in [-0.2, 0) is 14.3 Å². The van der Waals surface area contributed by atoms with Crippen LogP contribution < -0.4 is 10.9 Å². The molecule has 8 heteroatoms. The molecule has 2 N–H and O–H groups in total. The van der Waals surface area contributed by atoms with Gasteiger partial charge < -0.3 is 4.74 Å². The number of carbonyl (C=O) groups excluding carboxylic acids is 2. The number of hydrazine groups is 1. The number of nitrogens with zero attached hydrogens (tertiary/aromatic N) is 1. The van der Waals surface area contributed by atoms with Gasteiger partial charge in [0.25, 0.3) is 11.6 Å². The molecule has 24 heavy (non-hydrogen) atoms. The van der Waals surface area contributed by atoms with Crippen molar-refractivity contribution in [2.75, 3.05) is 5.43 Å². The van der Waals surface area contributed by atoms with Crippen molar-refractivity contribution in [3.05, 3.63) is 34.4 Å². The molecule has 1 aliphatic heterocycles. The van der Waals surface area contributed by atoms with Crippen LogP contribution in [0.1, 0.15) is 33.6 Å². The summed E-state index contributed by atoms with van der Waals surface area (Å²) in [5.41, 5.74) is 3.24. The Kier molecular flexibility index (Phi) is 3.33. The molecule has 2 aliphatic rings. The van der Waals surface area contributed by atoms with Gasteiger partial charge in [0.2, 0.25) is 0 Å². The van der Waals surface area contributed by atoms with Gasteiger partial charge in [-0.25, -0.2) is 0 Å². The summed E-state index contributed by atoms with van der Waals surface area (Å²) in [6, 6.07) is 5.64. The second kappa shape index (κ2) is 4.93. The Morgan fingerprint density at radius 1 is 1.21 bits per heavy atom. The van der Waals surface area contributed by atoms with Gasteiger partial charge in [-0.2, -0.15) is 0 Å². The van der Waals surface area contributed by atoms with Crippen LogP contribution in [0.3, 0.4) is 0 Å². The Morgan fingerprint density at radius 2 is 1.83 bits per heavy atom. The molecule has 2 atom stereocenters. The molecule has 1 aromatic carbocycles. The predicted octanol–water partition coefficient (Wildman–Crippen LogP) is 2.16. The summed E-state index contributed by atoms with van der Waals surface area (Å²) in [5.74, 6) is -0.760. The number of benzene rings is 1. The van der Waals surface area contributed by atoms with Crippen LogP contribution in [0.4, 0.5) is 11.4 Å². The first-order chi connectivity index (χ1) is 11.1. The fourth-order valence-electron chi connectivity index (χ4n) is 3.64. The second-order valence-electron chi connectivity index (χ2n) is 7.06. The summed E-state index contributed by atoms with van der Waals surface area (Å²) in [7, 11) is 0. The first-order valence-corrected chi connectivity index (χ1v) is 7.68. The first-order valence-electron chi connectivity index (χ1n) is 7.68. The number of nitro benzene ring substituents is 1. The number of hydrogen-bond acceptors (Lipinski definition) is 6. The summed E-state index contributed by atoms with van der Waals surface area (Å²) in [5, 5.41) is 10.6. The highest BCUT2D eigenvalue weighted by molar-refractivity contribution is 5.96. The molecule has 1 heterocycles. The zero-order valence-corrected chi connectivity index (χ0v) is 13.7. The van der Waals surface area contributed by atoms with Gasteiger partial charge in [-0.1, -0.05) is 13.8 Å². The van der Waals surface area contributed by atoms with Gasteiger partial charge in [0.15, 0.2) is 5.60 Å². The number of esters is 1. The lowest BCUT2D eigenvalue weighted by atomic mass is 9.66. The molecule has 1 aromatic rings. The highest BCUT2D eigenvalue weighted by Crippen LogP contribution is 2.65. The van der Waals surface area contributed by atoms with Crippen molar-refractivity contribution >= 4 is 23.3 Å². The van der Waals surface area contributed by atoms with E-state index in [4.69, 9.17) is 4.74 Å². The molecular formula is C16H19N3O5. The van der Waals surface area contributed by atoms with Crippen LogP contribution in [-0.4, -0.2) is 22.4 Å². The number of amides is 1. The van der Waals surface area contributed by atoms with E-state index in [-0.39, 0.29) is 11.7 Å². The van der Waals surface area contributed by atoms with Crippen LogP contribution in [0.2, 0.25) is 0 Å². The van der Waals surface area contributed by atoms with E-state index in [1.54, 1.807) is 0 Å². The van der Waals surface area contributed by atoms with Gasteiger partial charge in [-0.05, 0) is 31.9 Å². The van der Waals surface area contributed by atoms with Gasteiger partial charge in [-0.15, -0.1) is 0 Å². The number of hydrogen-bond donors (Lipinski definition) is 2. The largest absolute Gasteiger partial charge is 0.448 e. The third kappa shape index (κ3) is 1.92. The Bertz CT molecular complexity index is 730. The van der Waals surface area contributed by atoms with Gasteiger partial charge in [0.05, 0.1) is 16.0 Å². The Morgan fingerprint density at radius 3 is 2.29 bits per heavy atom. The minimum Gasteiger partial charge on any atom is -0.448 e. The summed E-state index contributed by atoms with van der Waals surface area (Å²) in [6.07, 6.45) is 1.07. The SMILES string of the molecule is CC1(C)[C@]2(C)CC[C@]1(C(=O)NNc1ccc([N+](=O)[O-])cc1)OC2=O. The standard InChI is InChI=1S/C16H19N3O5/c1-14(2)15(3)8-9-16(14,24-13(15)21)12(20)18-17-10-4-6-11(7-5-10)19(22)23/h4-7,17H,8-9H2,1-3H3,(H,18,20)/t15-,16-/m1/s1. The van der Waals surface area contributed by atoms with Crippen LogP contribution >= 0.6 is 0 Å². The summed E-state index contributed by atoms with van der Waals surface area (Å²) < 4.78 is 5.49. The van der Waals surface area contributed by atoms with Gasteiger partial charge in [0, 0.05) is 17.5 Å². The highest BCUT2D eigenvalue weighted by Gasteiger charge is 2.75. The van der Waals surface area contributed by atoms with E-state index in [2.05, 4.69) is 10.9 Å². The first kappa shape index (κ1) is 16.2. The van der Waals surface area contributed by atoms with Crippen molar-refractivity contribution in [3.63, 3.8) is 0 Å². The van der Waals surface area contributed by atoms with E-state index < -0.39 is 27.3 Å². The van der Waals surface area contributed by atoms with Crippen molar-refractivity contribution in [1.29, 1.82) is 0 Å². The summed E-state index contributed by atoms with van der Waals surface area (Å²) in [4.78, 5) is 35.0. The highest BCUT2D eigenvalue weighted by atomic mass is 16.6. The van der Waals surface area contributed by atoms with Crippen LogP contribution in [0, 0.1) is 20.9 Å². The van der Waals surface area contributed by atoms with Crippen LogP contribution in [0.5, 0.6) is 0 Å². The third-order valence-corrected chi connectivity index (χ3v) is 5.85. The number of anilines is 1. The molecule has 128 valence electrons. The Balaban J connectivity index is 1.74. The maximum atomic E-state index is 12.7. The minimum atomic E-state index is -1.20. The number of rotatable bonds is 4. The maximum absolute atomic E-state index is 12.7. The number of carbonyl (C=O) groups is 2. The quantitative estimate of drug-likeness (QED) is 0.496. The molecule has 8 nitrogen and oxygen atoms in total. The molecule has 0 radical (unpaired) electrons. The monoisotopic (exact) mass is 333 g/mol. The molecule has 2 bridgehead atoms. The van der Waals surface area contributed by atoms with E-state index in [0.29, 0.717) is 18.5 Å². The van der Waals surface area contributed by atoms with Gasteiger partial charge >= 0.3 is 5.97 Å². The Labute approximate surface area is 138 Å². The average molecular weight is 333 g/mol. The fourth-order valence-corrected chi connectivity index (χ4v) is 3.64. The molecule has 3 rings (SSSR count). The van der Waals surface area contributed by atoms with Crippen LogP contribution in [0.15, 0.2) is 24.3 Å². The zero-order valence-electron chi connectivity index (χ0n) is 13.7. The zero-order chi connectivity index (χ0) is 17.8. The number of fused-ring (bicyclic) bond motifs is 2. The van der Waals surface area contributed by atoms with Crippen molar-refractivity contribution in [1.82, 2.24) is 5.43 Å². The van der Waals surface area contributed by atoms with Gasteiger partial charge in [0.1, 0.15) is 0 Å². The molecular weight excluding hydrogens is 314 g/mol. The molecule has 2 fully saturated rings. The van der Waals surface area contributed by atoms with Crippen molar-refractivity contribution < 1.29 is 19.2 Å². The number of nitro groups is 1. The summed E-state index contributed by atoms with van der Waals surface area (Å²) >= 11 is 0. The van der Waals surface area contributed by atoms with Gasteiger partial charge in [-0.3, -0.25) is 30.6 Å². The molecule has 0 spiro atoms. The van der Waals surface area contributed by atoms with Crippen LogP contribution in [0.25, 0.3) is 0 Å². The third-order valence-electron chi connectivity index (χ3n) is 5.85. The lowest BCUT2D eigenvalue weighted by Gasteiger charge is -2.35. The molecule has 0 unspecified atom stereocenters. The van der Waals surface area contributed by atoms with E-state index in [1.165, 1.54) is 24.3 Å². The van der Waals surface area contributed by atoms with Crippen molar-refractivity contribution in [2.45, 2.75) is 39.2 Å². The molecule has 1 saturated carbocycles. The lowest BCUT2D eigenvalue weighted by molar-refractivity contribution is -0.384. The summed E-state index contributed by atoms with van der Waals surface area (Å²) in [6.45, 7) is 5.58. The van der Waals surface area contributed by atoms with E-state index in [1.807, 2.05) is 20.8 Å². The molecule has 1 aliphatic carbocycles. The van der Waals surface area contributed by atoms with Crippen molar-refractivity contribution in [3.8, 4) is 0 Å². The molecule has 1 saturated heterocycles. The van der Waals surface area contributed by atoms with E-state index in [9.17, 15) is 19.7 Å². The Hall–Kier alpha value is -2.64. The second-order valence-corrected chi connectivity index (χ2v) is 7.06. The number of nitrogens with one attached hydrogen (secondary N) is 2. The lowest BCUT2D eigenvalue weighted by Crippen LogP contribution is -2.54. The average Bonchev–Trinajstić information content (AvgIpc) is 2.83. The predicted molar refractivity (Wildman–Crippen MR) is 84.8 cm³/mol. The molecule has 0 aromatic heterocycles.